The zero-order chi connectivity index (χ0) is 14.4. The molecule has 0 fully saturated rings. The maximum Gasteiger partial charge on any atom is 0.166 e. The predicted octanol–water partition coefficient (Wildman–Crippen LogP) is 3.58. The first-order valence-electron chi connectivity index (χ1n) is 6.68. The largest absolute Gasteiger partial charge is 0.504 e. The summed E-state index contributed by atoms with van der Waals surface area (Å²) in [6, 6.07) is 13.8. The van der Waals surface area contributed by atoms with Crippen molar-refractivity contribution in [2.45, 2.75) is 19.9 Å². The van der Waals surface area contributed by atoms with Gasteiger partial charge < -0.3 is 9.84 Å². The lowest BCUT2D eigenvalue weighted by Gasteiger charge is -2.05. The van der Waals surface area contributed by atoms with E-state index in [2.05, 4.69) is 36.2 Å². The van der Waals surface area contributed by atoms with Gasteiger partial charge in [0.25, 0.3) is 0 Å². The molecule has 0 bridgehead atoms. The summed E-state index contributed by atoms with van der Waals surface area (Å²) in [4.78, 5) is 4.36. The summed E-state index contributed by atoms with van der Waals surface area (Å²) in [6.45, 7) is 2.74. The fraction of sp³-hybridized carbons (Fsp3) is 0.235. The van der Waals surface area contributed by atoms with Crippen LogP contribution >= 0.6 is 0 Å². The van der Waals surface area contributed by atoms with Gasteiger partial charge in [0.1, 0.15) is 0 Å². The third kappa shape index (κ3) is 3.38. The van der Waals surface area contributed by atoms with Crippen LogP contribution in [0.3, 0.4) is 0 Å². The summed E-state index contributed by atoms with van der Waals surface area (Å²) in [5.41, 5.74) is 3.14. The minimum atomic E-state index is 0.125. The maximum absolute atomic E-state index is 9.94. The third-order valence-corrected chi connectivity index (χ3v) is 3.19. The number of rotatable bonds is 5. The highest BCUT2D eigenvalue weighted by atomic mass is 16.5. The van der Waals surface area contributed by atoms with Gasteiger partial charge in [-0.05, 0) is 29.7 Å². The number of para-hydroxylation sites is 1. The van der Waals surface area contributed by atoms with Gasteiger partial charge in [-0.3, -0.25) is 4.99 Å². The molecule has 2 aromatic rings. The molecular formula is C17H19NO2. The molecule has 20 heavy (non-hydrogen) atoms. The van der Waals surface area contributed by atoms with Crippen LogP contribution in [-0.4, -0.2) is 18.4 Å². The molecule has 0 aliphatic rings. The number of hydrogen-bond donors (Lipinski definition) is 1. The molecule has 0 aromatic heterocycles. The number of hydrogen-bond acceptors (Lipinski definition) is 3. The minimum Gasteiger partial charge on any atom is -0.504 e. The monoisotopic (exact) mass is 269 g/mol. The number of aromatic hydroxyl groups is 1. The standard InChI is InChI=1S/C17H19NO2/c1-3-13-7-9-14(10-8-13)11-18-12-15-5-4-6-16(20-2)17(15)19/h4-10,12,19H,3,11H2,1-2H3. The summed E-state index contributed by atoms with van der Waals surface area (Å²) < 4.78 is 5.06. The Labute approximate surface area is 119 Å². The first kappa shape index (κ1) is 14.1. The van der Waals surface area contributed by atoms with Crippen LogP contribution in [0.5, 0.6) is 11.5 Å². The van der Waals surface area contributed by atoms with Gasteiger partial charge in [0.2, 0.25) is 0 Å². The van der Waals surface area contributed by atoms with Crippen LogP contribution in [0.15, 0.2) is 47.5 Å². The van der Waals surface area contributed by atoms with Crippen molar-refractivity contribution < 1.29 is 9.84 Å². The van der Waals surface area contributed by atoms with E-state index in [1.807, 2.05) is 12.1 Å². The smallest absolute Gasteiger partial charge is 0.166 e. The van der Waals surface area contributed by atoms with E-state index >= 15 is 0 Å². The Morgan fingerprint density at radius 2 is 1.80 bits per heavy atom. The van der Waals surface area contributed by atoms with E-state index in [-0.39, 0.29) is 5.75 Å². The van der Waals surface area contributed by atoms with Crippen molar-refractivity contribution in [3.05, 3.63) is 59.2 Å². The molecule has 0 atom stereocenters. The number of nitrogens with zero attached hydrogens (tertiary/aromatic N) is 1. The molecule has 0 spiro atoms. The second kappa shape index (κ2) is 6.75. The molecule has 0 aliphatic carbocycles. The fourth-order valence-corrected chi connectivity index (χ4v) is 1.94. The van der Waals surface area contributed by atoms with Crippen LogP contribution < -0.4 is 4.74 Å². The van der Waals surface area contributed by atoms with Crippen molar-refractivity contribution in [2.24, 2.45) is 4.99 Å². The van der Waals surface area contributed by atoms with Crippen LogP contribution in [0.2, 0.25) is 0 Å². The molecule has 0 heterocycles. The van der Waals surface area contributed by atoms with Gasteiger partial charge in [-0.1, -0.05) is 37.3 Å². The van der Waals surface area contributed by atoms with E-state index in [1.165, 1.54) is 12.7 Å². The molecular weight excluding hydrogens is 250 g/mol. The van der Waals surface area contributed by atoms with Crippen molar-refractivity contribution in [1.29, 1.82) is 0 Å². The number of ether oxygens (including phenoxy) is 1. The van der Waals surface area contributed by atoms with Gasteiger partial charge in [-0.15, -0.1) is 0 Å². The second-order valence-corrected chi connectivity index (χ2v) is 4.54. The number of aliphatic imine (C=N–C) groups is 1. The van der Waals surface area contributed by atoms with E-state index in [0.717, 1.165) is 12.0 Å². The third-order valence-electron chi connectivity index (χ3n) is 3.19. The van der Waals surface area contributed by atoms with Crippen molar-refractivity contribution in [2.75, 3.05) is 7.11 Å². The lowest BCUT2D eigenvalue weighted by molar-refractivity contribution is 0.373. The van der Waals surface area contributed by atoms with Crippen molar-refractivity contribution in [3.63, 3.8) is 0 Å². The number of benzene rings is 2. The molecule has 0 aliphatic heterocycles. The van der Waals surface area contributed by atoms with Gasteiger partial charge in [0.15, 0.2) is 11.5 Å². The number of phenols is 1. The first-order chi connectivity index (χ1) is 9.74. The zero-order valence-electron chi connectivity index (χ0n) is 11.8. The predicted molar refractivity (Wildman–Crippen MR) is 81.8 cm³/mol. The van der Waals surface area contributed by atoms with Crippen LogP contribution in [-0.2, 0) is 13.0 Å². The van der Waals surface area contributed by atoms with Gasteiger partial charge in [-0.2, -0.15) is 0 Å². The molecule has 1 N–H and O–H groups in total. The average Bonchev–Trinajstić information content (AvgIpc) is 2.49. The normalized spacial score (nSPS) is 10.9. The van der Waals surface area contributed by atoms with Crippen molar-refractivity contribution in [1.82, 2.24) is 0 Å². The SMILES string of the molecule is CCc1ccc(CN=Cc2cccc(OC)c2O)cc1. The Morgan fingerprint density at radius 1 is 1.10 bits per heavy atom. The molecule has 0 radical (unpaired) electrons. The lowest BCUT2D eigenvalue weighted by atomic mass is 10.1. The van der Waals surface area contributed by atoms with E-state index in [1.54, 1.807) is 12.3 Å². The van der Waals surface area contributed by atoms with Crippen molar-refractivity contribution >= 4 is 6.21 Å². The van der Waals surface area contributed by atoms with E-state index in [4.69, 9.17) is 4.74 Å². The highest BCUT2D eigenvalue weighted by Gasteiger charge is 2.04. The highest BCUT2D eigenvalue weighted by Crippen LogP contribution is 2.28. The van der Waals surface area contributed by atoms with Gasteiger partial charge >= 0.3 is 0 Å². The maximum atomic E-state index is 9.94. The zero-order valence-corrected chi connectivity index (χ0v) is 11.8. The molecule has 3 nitrogen and oxygen atoms in total. The number of aryl methyl sites for hydroxylation is 1. The van der Waals surface area contributed by atoms with Crippen LogP contribution in [0.1, 0.15) is 23.6 Å². The summed E-state index contributed by atoms with van der Waals surface area (Å²) in [5.74, 6) is 0.585. The molecule has 2 aromatic carbocycles. The fourth-order valence-electron chi connectivity index (χ4n) is 1.94. The Balaban J connectivity index is 2.06. The second-order valence-electron chi connectivity index (χ2n) is 4.54. The molecule has 3 heteroatoms. The number of methoxy groups -OCH3 is 1. The van der Waals surface area contributed by atoms with Gasteiger partial charge in [0.05, 0.1) is 13.7 Å². The molecule has 0 saturated carbocycles. The molecule has 104 valence electrons. The Morgan fingerprint density at radius 3 is 2.45 bits per heavy atom. The molecule has 0 amide bonds. The minimum absolute atomic E-state index is 0.125. The van der Waals surface area contributed by atoms with Crippen molar-refractivity contribution in [3.8, 4) is 11.5 Å². The lowest BCUT2D eigenvalue weighted by Crippen LogP contribution is -1.89. The molecule has 0 saturated heterocycles. The summed E-state index contributed by atoms with van der Waals surface area (Å²) in [6.07, 6.45) is 2.72. The summed E-state index contributed by atoms with van der Waals surface area (Å²) in [7, 11) is 1.53. The molecule has 2 rings (SSSR count). The Hall–Kier alpha value is -2.29. The topological polar surface area (TPSA) is 41.8 Å². The van der Waals surface area contributed by atoms with E-state index in [9.17, 15) is 5.11 Å². The summed E-state index contributed by atoms with van der Waals surface area (Å²) in [5, 5.41) is 9.94. The number of phenolic OH excluding ortho intramolecular Hbond substituents is 1. The van der Waals surface area contributed by atoms with Crippen LogP contribution in [0.4, 0.5) is 0 Å². The first-order valence-corrected chi connectivity index (χ1v) is 6.68. The Kier molecular flexibility index (Phi) is 4.77. The van der Waals surface area contributed by atoms with Gasteiger partial charge in [-0.25, -0.2) is 0 Å². The average molecular weight is 269 g/mol. The van der Waals surface area contributed by atoms with Gasteiger partial charge in [0, 0.05) is 11.8 Å². The quantitative estimate of drug-likeness (QED) is 0.843. The summed E-state index contributed by atoms with van der Waals surface area (Å²) >= 11 is 0. The Bertz CT molecular complexity index is 588. The van der Waals surface area contributed by atoms with Crippen LogP contribution in [0, 0.1) is 0 Å². The van der Waals surface area contributed by atoms with Crippen LogP contribution in [0.25, 0.3) is 0 Å². The molecule has 0 unspecified atom stereocenters. The van der Waals surface area contributed by atoms with E-state index in [0.29, 0.717) is 17.9 Å². The highest BCUT2D eigenvalue weighted by molar-refractivity contribution is 5.84. The van der Waals surface area contributed by atoms with E-state index < -0.39 is 0 Å².